The number of hydrogen-bond donors (Lipinski definition) is 1. The molecule has 0 saturated carbocycles. The van der Waals surface area contributed by atoms with Crippen molar-refractivity contribution in [1.82, 2.24) is 0 Å². The van der Waals surface area contributed by atoms with E-state index in [9.17, 15) is 8.78 Å². The molecular formula is C14H12BrF2N. The molecule has 0 heterocycles. The van der Waals surface area contributed by atoms with Gasteiger partial charge in [0.25, 0.3) is 0 Å². The summed E-state index contributed by atoms with van der Waals surface area (Å²) in [6, 6.07) is 9.54. The molecule has 0 unspecified atom stereocenters. The van der Waals surface area contributed by atoms with E-state index in [0.29, 0.717) is 22.3 Å². The average molecular weight is 312 g/mol. The maximum absolute atomic E-state index is 13.6. The summed E-state index contributed by atoms with van der Waals surface area (Å²) in [5.41, 5.74) is 2.02. The van der Waals surface area contributed by atoms with Gasteiger partial charge in [-0.2, -0.15) is 0 Å². The SMILES string of the molecule is Cc1cc(F)cc(NCc2ccc(Br)cc2F)c1. The number of aryl methyl sites for hydroxylation is 1. The van der Waals surface area contributed by atoms with Gasteiger partial charge in [-0.1, -0.05) is 22.0 Å². The molecule has 0 amide bonds. The second-order valence-electron chi connectivity index (χ2n) is 4.11. The fourth-order valence-corrected chi connectivity index (χ4v) is 2.03. The van der Waals surface area contributed by atoms with E-state index in [-0.39, 0.29) is 11.6 Å². The molecule has 1 nitrogen and oxygen atoms in total. The maximum atomic E-state index is 13.6. The fraction of sp³-hybridized carbons (Fsp3) is 0.143. The Hall–Kier alpha value is -1.42. The van der Waals surface area contributed by atoms with Crippen molar-refractivity contribution in [2.45, 2.75) is 13.5 Å². The molecule has 2 rings (SSSR count). The molecule has 94 valence electrons. The minimum absolute atomic E-state index is 0.287. The molecule has 0 aromatic heterocycles. The Morgan fingerprint density at radius 2 is 1.89 bits per heavy atom. The van der Waals surface area contributed by atoms with Crippen LogP contribution < -0.4 is 5.32 Å². The molecule has 18 heavy (non-hydrogen) atoms. The summed E-state index contributed by atoms with van der Waals surface area (Å²) < 4.78 is 27.4. The minimum atomic E-state index is -0.297. The first-order chi connectivity index (χ1) is 8.54. The quantitative estimate of drug-likeness (QED) is 0.870. The number of benzene rings is 2. The van der Waals surface area contributed by atoms with E-state index in [1.54, 1.807) is 12.1 Å². The van der Waals surface area contributed by atoms with Crippen molar-refractivity contribution < 1.29 is 8.78 Å². The molecule has 0 fully saturated rings. The van der Waals surface area contributed by atoms with Gasteiger partial charge >= 0.3 is 0 Å². The van der Waals surface area contributed by atoms with Crippen molar-refractivity contribution in [3.8, 4) is 0 Å². The van der Waals surface area contributed by atoms with Gasteiger partial charge in [0.1, 0.15) is 11.6 Å². The van der Waals surface area contributed by atoms with Crippen LogP contribution >= 0.6 is 15.9 Å². The van der Waals surface area contributed by atoms with Gasteiger partial charge in [0.2, 0.25) is 0 Å². The molecule has 0 bridgehead atoms. The van der Waals surface area contributed by atoms with E-state index >= 15 is 0 Å². The standard InChI is InChI=1S/C14H12BrF2N/c1-9-4-12(16)7-13(5-9)18-8-10-2-3-11(15)6-14(10)17/h2-7,18H,8H2,1H3. The van der Waals surface area contributed by atoms with Crippen LogP contribution in [0.1, 0.15) is 11.1 Å². The smallest absolute Gasteiger partial charge is 0.129 e. The molecular weight excluding hydrogens is 300 g/mol. The number of anilines is 1. The summed E-state index contributed by atoms with van der Waals surface area (Å²) in [4.78, 5) is 0. The van der Waals surface area contributed by atoms with Gasteiger partial charge in [-0.25, -0.2) is 8.78 Å². The Balaban J connectivity index is 2.11. The monoisotopic (exact) mass is 311 g/mol. The first-order valence-electron chi connectivity index (χ1n) is 5.49. The highest BCUT2D eigenvalue weighted by Gasteiger charge is 2.03. The minimum Gasteiger partial charge on any atom is -0.381 e. The number of halogens is 3. The van der Waals surface area contributed by atoms with Crippen LogP contribution in [0.3, 0.4) is 0 Å². The van der Waals surface area contributed by atoms with Crippen molar-refractivity contribution in [2.24, 2.45) is 0 Å². The van der Waals surface area contributed by atoms with E-state index in [1.165, 1.54) is 18.2 Å². The molecule has 1 N–H and O–H groups in total. The normalized spacial score (nSPS) is 10.4. The van der Waals surface area contributed by atoms with Crippen LogP contribution in [0.4, 0.5) is 14.5 Å². The van der Waals surface area contributed by atoms with Crippen LogP contribution in [0.5, 0.6) is 0 Å². The van der Waals surface area contributed by atoms with Gasteiger partial charge < -0.3 is 5.32 Å². The second-order valence-corrected chi connectivity index (χ2v) is 5.02. The predicted molar refractivity (Wildman–Crippen MR) is 72.6 cm³/mol. The Kier molecular flexibility index (Phi) is 3.97. The van der Waals surface area contributed by atoms with Gasteiger partial charge in [-0.3, -0.25) is 0 Å². The van der Waals surface area contributed by atoms with E-state index in [0.717, 1.165) is 5.56 Å². The third-order valence-electron chi connectivity index (χ3n) is 2.54. The maximum Gasteiger partial charge on any atom is 0.129 e. The number of hydrogen-bond acceptors (Lipinski definition) is 1. The zero-order chi connectivity index (χ0) is 13.1. The van der Waals surface area contributed by atoms with Gasteiger partial charge in [0, 0.05) is 22.3 Å². The van der Waals surface area contributed by atoms with Crippen molar-refractivity contribution >= 4 is 21.6 Å². The van der Waals surface area contributed by atoms with Gasteiger partial charge in [-0.05, 0) is 42.8 Å². The molecule has 2 aromatic carbocycles. The van der Waals surface area contributed by atoms with Crippen molar-refractivity contribution in [1.29, 1.82) is 0 Å². The lowest BCUT2D eigenvalue weighted by Crippen LogP contribution is -2.02. The van der Waals surface area contributed by atoms with Crippen molar-refractivity contribution in [2.75, 3.05) is 5.32 Å². The molecule has 4 heteroatoms. The second kappa shape index (κ2) is 5.48. The molecule has 0 spiro atoms. The Labute approximate surface area is 113 Å². The Morgan fingerprint density at radius 3 is 2.56 bits per heavy atom. The highest BCUT2D eigenvalue weighted by atomic mass is 79.9. The Morgan fingerprint density at radius 1 is 1.11 bits per heavy atom. The third-order valence-corrected chi connectivity index (χ3v) is 3.03. The van der Waals surface area contributed by atoms with Crippen LogP contribution in [-0.4, -0.2) is 0 Å². The summed E-state index contributed by atoms with van der Waals surface area (Å²) in [6.07, 6.45) is 0. The number of nitrogens with one attached hydrogen (secondary N) is 1. The van der Waals surface area contributed by atoms with E-state index in [2.05, 4.69) is 21.2 Å². The number of rotatable bonds is 3. The van der Waals surface area contributed by atoms with Crippen LogP contribution in [0.2, 0.25) is 0 Å². The fourth-order valence-electron chi connectivity index (χ4n) is 1.70. The molecule has 2 aromatic rings. The largest absolute Gasteiger partial charge is 0.381 e. The van der Waals surface area contributed by atoms with E-state index in [4.69, 9.17) is 0 Å². The van der Waals surface area contributed by atoms with Crippen LogP contribution in [-0.2, 0) is 6.54 Å². The summed E-state index contributed by atoms with van der Waals surface area (Å²) in [6.45, 7) is 2.14. The van der Waals surface area contributed by atoms with Crippen molar-refractivity contribution in [3.63, 3.8) is 0 Å². The third kappa shape index (κ3) is 3.29. The van der Waals surface area contributed by atoms with E-state index < -0.39 is 0 Å². The molecule has 0 aliphatic rings. The zero-order valence-electron chi connectivity index (χ0n) is 9.81. The topological polar surface area (TPSA) is 12.0 Å². The Bertz CT molecular complexity index is 549. The highest BCUT2D eigenvalue weighted by molar-refractivity contribution is 9.10. The lowest BCUT2D eigenvalue weighted by molar-refractivity contribution is 0.612. The summed E-state index contributed by atoms with van der Waals surface area (Å²) in [5.74, 6) is -0.584. The molecule has 0 aliphatic carbocycles. The molecule has 0 saturated heterocycles. The zero-order valence-corrected chi connectivity index (χ0v) is 11.4. The van der Waals surface area contributed by atoms with Crippen molar-refractivity contribution in [3.05, 3.63) is 63.6 Å². The molecule has 0 atom stereocenters. The van der Waals surface area contributed by atoms with Gasteiger partial charge in [0.15, 0.2) is 0 Å². The van der Waals surface area contributed by atoms with E-state index in [1.807, 2.05) is 13.0 Å². The molecule has 0 aliphatic heterocycles. The van der Waals surface area contributed by atoms with Gasteiger partial charge in [-0.15, -0.1) is 0 Å². The summed E-state index contributed by atoms with van der Waals surface area (Å²) >= 11 is 3.20. The average Bonchev–Trinajstić information content (AvgIpc) is 2.26. The highest BCUT2D eigenvalue weighted by Crippen LogP contribution is 2.18. The lowest BCUT2D eigenvalue weighted by Gasteiger charge is -2.08. The lowest BCUT2D eigenvalue weighted by atomic mass is 10.2. The van der Waals surface area contributed by atoms with Crippen LogP contribution in [0, 0.1) is 18.6 Å². The summed E-state index contributed by atoms with van der Waals surface area (Å²) in [7, 11) is 0. The first-order valence-corrected chi connectivity index (χ1v) is 6.29. The summed E-state index contributed by atoms with van der Waals surface area (Å²) in [5, 5.41) is 3.01. The van der Waals surface area contributed by atoms with Crippen LogP contribution in [0.15, 0.2) is 40.9 Å². The first kappa shape index (κ1) is 13.0. The van der Waals surface area contributed by atoms with Crippen LogP contribution in [0.25, 0.3) is 0 Å². The molecule has 0 radical (unpaired) electrons. The van der Waals surface area contributed by atoms with Gasteiger partial charge in [0.05, 0.1) is 0 Å². The predicted octanol–water partition coefficient (Wildman–Crippen LogP) is 4.65.